The Kier molecular flexibility index (Phi) is 11.2. The van der Waals surface area contributed by atoms with Crippen molar-refractivity contribution in [3.8, 4) is 0 Å². The molecule has 28 heavy (non-hydrogen) atoms. The number of ether oxygens (including phenoxy) is 2. The van der Waals surface area contributed by atoms with E-state index in [2.05, 4.69) is 28.5 Å². The summed E-state index contributed by atoms with van der Waals surface area (Å²) in [6.07, 6.45) is 6.79. The van der Waals surface area contributed by atoms with Crippen LogP contribution in [-0.4, -0.2) is 69.5 Å². The van der Waals surface area contributed by atoms with Crippen LogP contribution in [0.15, 0.2) is 27.8 Å². The zero-order valence-corrected chi connectivity index (χ0v) is 19.2. The molecule has 2 N–H and O–H groups in total. The molecule has 1 aromatic rings. The monoisotopic (exact) mass is 506 g/mol. The largest absolute Gasteiger partial charge is 0.468 e. The summed E-state index contributed by atoms with van der Waals surface area (Å²) in [5, 5.41) is 6.68. The number of furan rings is 1. The molecule has 0 bridgehead atoms. The maximum atomic E-state index is 5.72. The molecule has 0 saturated carbocycles. The van der Waals surface area contributed by atoms with E-state index >= 15 is 0 Å². The zero-order valence-electron chi connectivity index (χ0n) is 16.9. The third-order valence-corrected chi connectivity index (χ3v) is 5.09. The Labute approximate surface area is 185 Å². The third-order valence-electron chi connectivity index (χ3n) is 5.09. The first kappa shape index (κ1) is 23.4. The van der Waals surface area contributed by atoms with Gasteiger partial charge in [-0.2, -0.15) is 0 Å². The lowest BCUT2D eigenvalue weighted by Crippen LogP contribution is -2.40. The molecule has 3 rings (SSSR count). The molecular formula is C20H35IN4O3. The van der Waals surface area contributed by atoms with E-state index in [0.29, 0.717) is 19.8 Å². The van der Waals surface area contributed by atoms with E-state index in [4.69, 9.17) is 18.9 Å². The molecule has 2 unspecified atom stereocenters. The van der Waals surface area contributed by atoms with Crippen molar-refractivity contribution >= 4 is 29.9 Å². The van der Waals surface area contributed by atoms with Crippen LogP contribution >= 0.6 is 24.0 Å². The predicted octanol–water partition coefficient (Wildman–Crippen LogP) is 2.79. The van der Waals surface area contributed by atoms with Gasteiger partial charge in [0.2, 0.25) is 0 Å². The second kappa shape index (κ2) is 13.4. The molecule has 2 fully saturated rings. The average Bonchev–Trinajstić information content (AvgIpc) is 3.44. The second-order valence-electron chi connectivity index (χ2n) is 7.13. The number of hydrogen-bond donors (Lipinski definition) is 2. The van der Waals surface area contributed by atoms with Crippen molar-refractivity contribution < 1.29 is 13.9 Å². The summed E-state index contributed by atoms with van der Waals surface area (Å²) in [5.74, 6) is 1.82. The SMILES string of the molecule is CCNC(=NCC(c1ccco1)N1CCCC1)NCCOCC1CCCO1.I. The second-order valence-corrected chi connectivity index (χ2v) is 7.13. The Bertz CT molecular complexity index is 544. The lowest BCUT2D eigenvalue weighted by molar-refractivity contribution is 0.0191. The van der Waals surface area contributed by atoms with Crippen molar-refractivity contribution in [1.29, 1.82) is 0 Å². The summed E-state index contributed by atoms with van der Waals surface area (Å²) in [6, 6.07) is 4.21. The number of guanidine groups is 1. The fraction of sp³-hybridized carbons (Fsp3) is 0.750. The standard InChI is InChI=1S/C20H34N4O3.HI/c1-2-21-20(22-9-14-25-16-17-7-5-12-26-17)23-15-18(19-8-6-13-27-19)24-10-3-4-11-24;/h6,8,13,17-18H,2-5,7,9-12,14-16H2,1H3,(H2,21,22,23);1H. The highest BCUT2D eigenvalue weighted by molar-refractivity contribution is 14.0. The third kappa shape index (κ3) is 7.53. The Morgan fingerprint density at radius 2 is 2.18 bits per heavy atom. The highest BCUT2D eigenvalue weighted by Gasteiger charge is 2.25. The molecule has 0 aromatic carbocycles. The molecule has 7 nitrogen and oxygen atoms in total. The van der Waals surface area contributed by atoms with Crippen LogP contribution in [0.3, 0.4) is 0 Å². The van der Waals surface area contributed by atoms with Crippen LogP contribution in [0.1, 0.15) is 44.4 Å². The number of aliphatic imine (C=N–C) groups is 1. The minimum absolute atomic E-state index is 0. The quantitative estimate of drug-likeness (QED) is 0.220. The van der Waals surface area contributed by atoms with Crippen LogP contribution in [0.2, 0.25) is 0 Å². The van der Waals surface area contributed by atoms with E-state index in [1.54, 1.807) is 6.26 Å². The van der Waals surface area contributed by atoms with Gasteiger partial charge in [0.05, 0.1) is 38.2 Å². The maximum absolute atomic E-state index is 5.72. The molecule has 2 aliphatic heterocycles. The maximum Gasteiger partial charge on any atom is 0.191 e. The van der Waals surface area contributed by atoms with Crippen molar-refractivity contribution in [3.05, 3.63) is 24.2 Å². The summed E-state index contributed by atoms with van der Waals surface area (Å²) in [4.78, 5) is 7.27. The van der Waals surface area contributed by atoms with Crippen molar-refractivity contribution in [3.63, 3.8) is 0 Å². The fourth-order valence-corrected chi connectivity index (χ4v) is 3.67. The van der Waals surface area contributed by atoms with Gasteiger partial charge in [-0.25, -0.2) is 0 Å². The summed E-state index contributed by atoms with van der Waals surface area (Å²) >= 11 is 0. The van der Waals surface area contributed by atoms with Gasteiger partial charge < -0.3 is 24.5 Å². The molecule has 0 amide bonds. The van der Waals surface area contributed by atoms with E-state index in [9.17, 15) is 0 Å². The molecule has 2 saturated heterocycles. The van der Waals surface area contributed by atoms with Gasteiger partial charge >= 0.3 is 0 Å². The normalized spacial score (nSPS) is 21.5. The van der Waals surface area contributed by atoms with E-state index in [1.165, 1.54) is 12.8 Å². The highest BCUT2D eigenvalue weighted by Crippen LogP contribution is 2.25. The van der Waals surface area contributed by atoms with Crippen molar-refractivity contribution in [2.24, 2.45) is 4.99 Å². The molecule has 2 atom stereocenters. The minimum Gasteiger partial charge on any atom is -0.468 e. The number of nitrogens with zero attached hydrogens (tertiary/aromatic N) is 2. The Hall–Kier alpha value is -0.840. The van der Waals surface area contributed by atoms with Crippen LogP contribution in [-0.2, 0) is 9.47 Å². The summed E-state index contributed by atoms with van der Waals surface area (Å²) in [7, 11) is 0. The number of hydrogen-bond acceptors (Lipinski definition) is 5. The lowest BCUT2D eigenvalue weighted by Gasteiger charge is -2.24. The van der Waals surface area contributed by atoms with E-state index in [1.807, 2.05) is 6.07 Å². The van der Waals surface area contributed by atoms with Crippen molar-refractivity contribution in [2.75, 3.05) is 52.5 Å². The van der Waals surface area contributed by atoms with Crippen LogP contribution in [0.25, 0.3) is 0 Å². The molecular weight excluding hydrogens is 471 g/mol. The topological polar surface area (TPSA) is 71.3 Å². The molecule has 0 radical (unpaired) electrons. The van der Waals surface area contributed by atoms with Gasteiger partial charge in [-0.3, -0.25) is 9.89 Å². The summed E-state index contributed by atoms with van der Waals surface area (Å²) in [6.45, 7) is 8.75. The Morgan fingerprint density at radius 1 is 1.32 bits per heavy atom. The molecule has 3 heterocycles. The Balaban J connectivity index is 0.00000280. The van der Waals surface area contributed by atoms with Crippen LogP contribution < -0.4 is 10.6 Å². The van der Waals surface area contributed by atoms with Gasteiger partial charge in [0.25, 0.3) is 0 Å². The molecule has 1 aromatic heterocycles. The van der Waals surface area contributed by atoms with Crippen LogP contribution in [0.5, 0.6) is 0 Å². The summed E-state index contributed by atoms with van der Waals surface area (Å²) < 4.78 is 17.0. The van der Waals surface area contributed by atoms with Gasteiger partial charge in [-0.15, -0.1) is 24.0 Å². The number of halogens is 1. The average molecular weight is 506 g/mol. The molecule has 0 aliphatic carbocycles. The first-order valence-electron chi connectivity index (χ1n) is 10.4. The first-order chi connectivity index (χ1) is 13.4. The van der Waals surface area contributed by atoms with Gasteiger partial charge in [-0.05, 0) is 57.8 Å². The zero-order chi connectivity index (χ0) is 18.7. The first-order valence-corrected chi connectivity index (χ1v) is 10.4. The number of nitrogens with one attached hydrogen (secondary N) is 2. The molecule has 2 aliphatic rings. The van der Waals surface area contributed by atoms with E-state index in [0.717, 1.165) is 57.3 Å². The minimum atomic E-state index is 0. The number of rotatable bonds is 10. The van der Waals surface area contributed by atoms with Gasteiger partial charge in [0.15, 0.2) is 5.96 Å². The van der Waals surface area contributed by atoms with Gasteiger partial charge in [0.1, 0.15) is 5.76 Å². The van der Waals surface area contributed by atoms with E-state index in [-0.39, 0.29) is 36.1 Å². The Morgan fingerprint density at radius 3 is 2.86 bits per heavy atom. The fourth-order valence-electron chi connectivity index (χ4n) is 3.67. The number of likely N-dealkylation sites (tertiary alicyclic amines) is 1. The van der Waals surface area contributed by atoms with Gasteiger partial charge in [-0.1, -0.05) is 0 Å². The van der Waals surface area contributed by atoms with Crippen molar-refractivity contribution in [2.45, 2.75) is 44.8 Å². The lowest BCUT2D eigenvalue weighted by atomic mass is 10.2. The highest BCUT2D eigenvalue weighted by atomic mass is 127. The van der Waals surface area contributed by atoms with Crippen LogP contribution in [0.4, 0.5) is 0 Å². The molecule has 0 spiro atoms. The molecule has 160 valence electrons. The predicted molar refractivity (Wildman–Crippen MR) is 121 cm³/mol. The van der Waals surface area contributed by atoms with Crippen LogP contribution in [0, 0.1) is 0 Å². The molecule has 8 heteroatoms. The summed E-state index contributed by atoms with van der Waals surface area (Å²) in [5.41, 5.74) is 0. The van der Waals surface area contributed by atoms with E-state index < -0.39 is 0 Å². The van der Waals surface area contributed by atoms with Gasteiger partial charge in [0, 0.05) is 19.7 Å². The smallest absolute Gasteiger partial charge is 0.191 e. The van der Waals surface area contributed by atoms with Crippen molar-refractivity contribution in [1.82, 2.24) is 15.5 Å².